The minimum atomic E-state index is -0.230. The molecule has 0 saturated heterocycles. The average molecular weight is 240 g/mol. The zero-order chi connectivity index (χ0) is 12.0. The third-order valence-electron chi connectivity index (χ3n) is 2.06. The van der Waals surface area contributed by atoms with Gasteiger partial charge >= 0.3 is 0 Å². The van der Waals surface area contributed by atoms with Gasteiger partial charge in [0.15, 0.2) is 0 Å². The van der Waals surface area contributed by atoms with Crippen LogP contribution in [0.2, 0.25) is 5.02 Å². The van der Waals surface area contributed by atoms with E-state index in [0.717, 1.165) is 11.1 Å². The number of nitrogens with one attached hydrogen (secondary N) is 1. The second-order valence-corrected chi connectivity index (χ2v) is 3.73. The van der Waals surface area contributed by atoms with E-state index in [0.29, 0.717) is 5.02 Å². The molecule has 0 aromatic heterocycles. The van der Waals surface area contributed by atoms with E-state index >= 15 is 0 Å². The molecule has 1 aromatic carbocycles. The van der Waals surface area contributed by atoms with Crippen molar-refractivity contribution in [2.45, 2.75) is 6.92 Å². The van der Waals surface area contributed by atoms with Crippen LogP contribution in [0.15, 0.2) is 30.3 Å². The van der Waals surface area contributed by atoms with Gasteiger partial charge in [0.1, 0.15) is 0 Å². The Morgan fingerprint density at radius 2 is 2.19 bits per heavy atom. The predicted molar refractivity (Wildman–Crippen MR) is 65.2 cm³/mol. The van der Waals surface area contributed by atoms with Gasteiger partial charge in [-0.05, 0) is 24.1 Å². The van der Waals surface area contributed by atoms with Crippen molar-refractivity contribution in [3.8, 4) is 0 Å². The van der Waals surface area contributed by atoms with Gasteiger partial charge < -0.3 is 10.4 Å². The molecule has 0 aliphatic heterocycles. The zero-order valence-electron chi connectivity index (χ0n) is 9.03. The molecule has 16 heavy (non-hydrogen) atoms. The lowest BCUT2D eigenvalue weighted by Crippen LogP contribution is -2.24. The number of carbonyl (C=O) groups excluding carboxylic acids is 1. The maximum atomic E-state index is 11.4. The number of aliphatic hydroxyl groups excluding tert-OH is 1. The standard InChI is InChI=1S/C12H14ClNO2/c1-9(8-12(16)14-6-7-15)10-4-2-3-5-11(10)13/h2-5,8,15H,6-7H2,1H3,(H,14,16)/b9-8-. The SMILES string of the molecule is C/C(=C/C(=O)NCCO)c1ccccc1Cl. The number of halogens is 1. The molecule has 3 nitrogen and oxygen atoms in total. The van der Waals surface area contributed by atoms with Crippen LogP contribution in [0.4, 0.5) is 0 Å². The van der Waals surface area contributed by atoms with E-state index in [-0.39, 0.29) is 19.1 Å². The fourth-order valence-corrected chi connectivity index (χ4v) is 1.57. The Labute approximate surface area is 99.7 Å². The molecular weight excluding hydrogens is 226 g/mol. The Morgan fingerprint density at radius 1 is 1.50 bits per heavy atom. The lowest BCUT2D eigenvalue weighted by molar-refractivity contribution is -0.116. The molecule has 86 valence electrons. The van der Waals surface area contributed by atoms with Gasteiger partial charge in [-0.25, -0.2) is 0 Å². The molecule has 1 aromatic rings. The monoisotopic (exact) mass is 239 g/mol. The van der Waals surface area contributed by atoms with Crippen molar-refractivity contribution in [1.82, 2.24) is 5.32 Å². The smallest absolute Gasteiger partial charge is 0.244 e. The summed E-state index contributed by atoms with van der Waals surface area (Å²) in [6.45, 7) is 2.01. The van der Waals surface area contributed by atoms with Gasteiger partial charge in [-0.15, -0.1) is 0 Å². The Morgan fingerprint density at radius 3 is 2.81 bits per heavy atom. The number of hydrogen-bond acceptors (Lipinski definition) is 2. The number of carbonyl (C=O) groups is 1. The third-order valence-corrected chi connectivity index (χ3v) is 2.39. The molecule has 0 aliphatic rings. The Balaban J connectivity index is 2.77. The van der Waals surface area contributed by atoms with Crippen molar-refractivity contribution >= 4 is 23.1 Å². The summed E-state index contributed by atoms with van der Waals surface area (Å²) >= 11 is 5.99. The van der Waals surface area contributed by atoms with Crippen molar-refractivity contribution in [3.05, 3.63) is 40.9 Å². The summed E-state index contributed by atoms with van der Waals surface area (Å²) in [6, 6.07) is 7.34. The first-order valence-electron chi connectivity index (χ1n) is 4.97. The van der Waals surface area contributed by atoms with E-state index in [4.69, 9.17) is 16.7 Å². The van der Waals surface area contributed by atoms with Gasteiger partial charge in [0.2, 0.25) is 5.91 Å². The summed E-state index contributed by atoms with van der Waals surface area (Å²) in [5.41, 5.74) is 1.63. The van der Waals surface area contributed by atoms with E-state index < -0.39 is 0 Å². The normalized spacial score (nSPS) is 11.3. The van der Waals surface area contributed by atoms with Gasteiger partial charge in [-0.2, -0.15) is 0 Å². The van der Waals surface area contributed by atoms with Crippen LogP contribution in [0.25, 0.3) is 5.57 Å². The highest BCUT2D eigenvalue weighted by Gasteiger charge is 2.03. The molecule has 0 heterocycles. The first kappa shape index (κ1) is 12.7. The van der Waals surface area contributed by atoms with Crippen molar-refractivity contribution in [3.63, 3.8) is 0 Å². The molecule has 0 unspecified atom stereocenters. The van der Waals surface area contributed by atoms with Crippen LogP contribution in [0.3, 0.4) is 0 Å². The van der Waals surface area contributed by atoms with Gasteiger partial charge in [0.05, 0.1) is 6.61 Å². The second kappa shape index (κ2) is 6.30. The fraction of sp³-hybridized carbons (Fsp3) is 0.250. The number of allylic oxidation sites excluding steroid dienone is 1. The molecule has 0 fully saturated rings. The highest BCUT2D eigenvalue weighted by molar-refractivity contribution is 6.32. The molecule has 1 rings (SSSR count). The Kier molecular flexibility index (Phi) is 5.02. The van der Waals surface area contributed by atoms with Crippen LogP contribution in [-0.2, 0) is 4.79 Å². The molecule has 0 bridgehead atoms. The topological polar surface area (TPSA) is 49.3 Å². The van der Waals surface area contributed by atoms with E-state index in [1.165, 1.54) is 6.08 Å². The fourth-order valence-electron chi connectivity index (χ4n) is 1.29. The van der Waals surface area contributed by atoms with E-state index in [1.54, 1.807) is 6.07 Å². The number of rotatable bonds is 4. The molecule has 0 aliphatic carbocycles. The maximum absolute atomic E-state index is 11.4. The van der Waals surface area contributed by atoms with E-state index in [1.807, 2.05) is 25.1 Å². The maximum Gasteiger partial charge on any atom is 0.244 e. The van der Waals surface area contributed by atoms with Crippen LogP contribution in [0.5, 0.6) is 0 Å². The molecule has 0 atom stereocenters. The summed E-state index contributed by atoms with van der Waals surface area (Å²) in [7, 11) is 0. The van der Waals surface area contributed by atoms with Gasteiger partial charge in [-0.1, -0.05) is 29.8 Å². The van der Waals surface area contributed by atoms with Crippen molar-refractivity contribution < 1.29 is 9.90 Å². The number of benzene rings is 1. The summed E-state index contributed by atoms with van der Waals surface area (Å²) in [4.78, 5) is 11.4. The predicted octanol–water partition coefficient (Wildman–Crippen LogP) is 1.85. The van der Waals surface area contributed by atoms with Crippen LogP contribution in [0, 0.1) is 0 Å². The van der Waals surface area contributed by atoms with Crippen molar-refractivity contribution in [2.75, 3.05) is 13.2 Å². The first-order chi connectivity index (χ1) is 7.65. The summed E-state index contributed by atoms with van der Waals surface area (Å²) in [6.07, 6.45) is 1.47. The quantitative estimate of drug-likeness (QED) is 0.788. The molecule has 4 heteroatoms. The summed E-state index contributed by atoms with van der Waals surface area (Å²) in [5, 5.41) is 11.7. The van der Waals surface area contributed by atoms with Crippen LogP contribution in [-0.4, -0.2) is 24.2 Å². The Hall–Kier alpha value is -1.32. The average Bonchev–Trinajstić information content (AvgIpc) is 2.26. The van der Waals surface area contributed by atoms with Crippen LogP contribution < -0.4 is 5.32 Å². The van der Waals surface area contributed by atoms with Crippen molar-refractivity contribution in [1.29, 1.82) is 0 Å². The largest absolute Gasteiger partial charge is 0.395 e. The van der Waals surface area contributed by atoms with Gasteiger partial charge in [-0.3, -0.25) is 4.79 Å². The van der Waals surface area contributed by atoms with Gasteiger partial charge in [0, 0.05) is 17.6 Å². The van der Waals surface area contributed by atoms with Gasteiger partial charge in [0.25, 0.3) is 0 Å². The second-order valence-electron chi connectivity index (χ2n) is 3.32. The minimum absolute atomic E-state index is 0.0648. The molecule has 0 saturated carbocycles. The zero-order valence-corrected chi connectivity index (χ0v) is 9.79. The molecule has 0 spiro atoms. The number of hydrogen-bond donors (Lipinski definition) is 2. The summed E-state index contributed by atoms with van der Waals surface area (Å²) < 4.78 is 0. The van der Waals surface area contributed by atoms with E-state index in [9.17, 15) is 4.79 Å². The lowest BCUT2D eigenvalue weighted by Gasteiger charge is -2.04. The van der Waals surface area contributed by atoms with Crippen LogP contribution >= 0.6 is 11.6 Å². The number of aliphatic hydroxyl groups is 1. The number of amides is 1. The molecule has 2 N–H and O–H groups in total. The summed E-state index contributed by atoms with van der Waals surface area (Å²) in [5.74, 6) is -0.230. The lowest BCUT2D eigenvalue weighted by atomic mass is 10.1. The first-order valence-corrected chi connectivity index (χ1v) is 5.35. The van der Waals surface area contributed by atoms with Crippen molar-refractivity contribution in [2.24, 2.45) is 0 Å². The van der Waals surface area contributed by atoms with Crippen LogP contribution in [0.1, 0.15) is 12.5 Å². The molecule has 1 amide bonds. The van der Waals surface area contributed by atoms with E-state index in [2.05, 4.69) is 5.32 Å². The molecule has 0 radical (unpaired) electrons. The Bertz CT molecular complexity index is 402. The highest BCUT2D eigenvalue weighted by atomic mass is 35.5. The minimum Gasteiger partial charge on any atom is -0.395 e. The molecular formula is C12H14ClNO2. The third kappa shape index (κ3) is 3.68. The highest BCUT2D eigenvalue weighted by Crippen LogP contribution is 2.22.